The summed E-state index contributed by atoms with van der Waals surface area (Å²) in [7, 11) is 0. The van der Waals surface area contributed by atoms with E-state index in [1.54, 1.807) is 11.8 Å². The van der Waals surface area contributed by atoms with Crippen molar-refractivity contribution in [2.24, 2.45) is 5.92 Å². The zero-order valence-corrected chi connectivity index (χ0v) is 9.85. The number of ether oxygens (including phenoxy) is 2. The Morgan fingerprint density at radius 2 is 2.12 bits per heavy atom. The average molecular weight is 229 g/mol. The zero-order valence-electron chi connectivity index (χ0n) is 9.85. The highest BCUT2D eigenvalue weighted by atomic mass is 16.6. The molecular formula is C11H19NO4. The van der Waals surface area contributed by atoms with Gasteiger partial charge in [-0.3, -0.25) is 4.79 Å². The topological polar surface area (TPSA) is 55.8 Å². The van der Waals surface area contributed by atoms with Crippen molar-refractivity contribution in [1.29, 1.82) is 0 Å². The molecule has 92 valence electrons. The van der Waals surface area contributed by atoms with E-state index in [9.17, 15) is 9.59 Å². The van der Waals surface area contributed by atoms with Gasteiger partial charge >= 0.3 is 6.09 Å². The van der Waals surface area contributed by atoms with E-state index < -0.39 is 0 Å². The fourth-order valence-electron chi connectivity index (χ4n) is 1.96. The molecule has 0 aliphatic carbocycles. The lowest BCUT2D eigenvalue weighted by Crippen LogP contribution is -2.41. The van der Waals surface area contributed by atoms with Crippen molar-refractivity contribution in [3.05, 3.63) is 0 Å². The van der Waals surface area contributed by atoms with E-state index in [-0.39, 0.29) is 12.2 Å². The highest BCUT2D eigenvalue weighted by Crippen LogP contribution is 2.22. The van der Waals surface area contributed by atoms with Gasteiger partial charge in [-0.15, -0.1) is 0 Å². The Labute approximate surface area is 95.7 Å². The van der Waals surface area contributed by atoms with E-state index in [1.165, 1.54) is 0 Å². The minimum Gasteiger partial charge on any atom is -0.465 e. The van der Waals surface area contributed by atoms with Crippen molar-refractivity contribution in [3.63, 3.8) is 0 Å². The smallest absolute Gasteiger partial charge is 0.409 e. The second-order valence-electron chi connectivity index (χ2n) is 3.96. The van der Waals surface area contributed by atoms with Crippen LogP contribution in [-0.4, -0.2) is 43.3 Å². The summed E-state index contributed by atoms with van der Waals surface area (Å²) in [5.74, 6) is 0.343. The summed E-state index contributed by atoms with van der Waals surface area (Å²) in [5, 5.41) is 0. The van der Waals surface area contributed by atoms with E-state index in [0.717, 1.165) is 12.8 Å². The summed E-state index contributed by atoms with van der Waals surface area (Å²) >= 11 is 0. The molecule has 1 saturated heterocycles. The first-order chi connectivity index (χ1) is 7.69. The molecule has 0 bridgehead atoms. The first kappa shape index (κ1) is 12.8. The molecule has 1 aliphatic rings. The standard InChI is InChI=1S/C11H19NO4/c1-3-15-11(14)12-6-4-10(5-7-12)9(2)16-8-13/h8-10H,3-7H2,1-2H3. The first-order valence-electron chi connectivity index (χ1n) is 5.69. The summed E-state index contributed by atoms with van der Waals surface area (Å²) in [6.07, 6.45) is 1.40. The third kappa shape index (κ3) is 3.40. The fourth-order valence-corrected chi connectivity index (χ4v) is 1.96. The molecule has 1 atom stereocenters. The van der Waals surface area contributed by atoms with Crippen LogP contribution >= 0.6 is 0 Å². The van der Waals surface area contributed by atoms with Gasteiger partial charge in [0.05, 0.1) is 6.61 Å². The maximum atomic E-state index is 11.4. The number of amides is 1. The molecule has 0 saturated carbocycles. The van der Waals surface area contributed by atoms with Crippen LogP contribution in [0, 0.1) is 5.92 Å². The van der Waals surface area contributed by atoms with Crippen LogP contribution in [-0.2, 0) is 14.3 Å². The normalized spacial score (nSPS) is 19.0. The Hall–Kier alpha value is -1.26. The van der Waals surface area contributed by atoms with Crippen molar-refractivity contribution < 1.29 is 19.1 Å². The SMILES string of the molecule is CCOC(=O)N1CCC(C(C)OC=O)CC1. The highest BCUT2D eigenvalue weighted by molar-refractivity contribution is 5.67. The second-order valence-corrected chi connectivity index (χ2v) is 3.96. The summed E-state index contributed by atoms with van der Waals surface area (Å²) in [6, 6.07) is 0. The van der Waals surface area contributed by atoms with Gasteiger partial charge in [0.25, 0.3) is 6.47 Å². The largest absolute Gasteiger partial charge is 0.465 e. The van der Waals surface area contributed by atoms with Crippen LogP contribution in [0.1, 0.15) is 26.7 Å². The quantitative estimate of drug-likeness (QED) is 0.684. The van der Waals surface area contributed by atoms with Crippen molar-refractivity contribution in [2.75, 3.05) is 19.7 Å². The molecular weight excluding hydrogens is 210 g/mol. The van der Waals surface area contributed by atoms with E-state index in [4.69, 9.17) is 9.47 Å². The van der Waals surface area contributed by atoms with Crippen molar-refractivity contribution in [2.45, 2.75) is 32.8 Å². The number of carbonyl (C=O) groups is 2. The van der Waals surface area contributed by atoms with Gasteiger partial charge in [0.15, 0.2) is 0 Å². The Morgan fingerprint density at radius 3 is 2.62 bits per heavy atom. The van der Waals surface area contributed by atoms with E-state index in [2.05, 4.69) is 0 Å². The monoisotopic (exact) mass is 229 g/mol. The van der Waals surface area contributed by atoms with Crippen LogP contribution < -0.4 is 0 Å². The van der Waals surface area contributed by atoms with Gasteiger partial charge in [-0.25, -0.2) is 4.79 Å². The third-order valence-corrected chi connectivity index (χ3v) is 3.00. The molecule has 0 spiro atoms. The Balaban J connectivity index is 2.33. The number of hydrogen-bond acceptors (Lipinski definition) is 4. The van der Waals surface area contributed by atoms with Gasteiger partial charge in [-0.1, -0.05) is 0 Å². The minimum atomic E-state index is -0.245. The predicted molar refractivity (Wildman–Crippen MR) is 57.9 cm³/mol. The van der Waals surface area contributed by atoms with Gasteiger partial charge in [0.2, 0.25) is 0 Å². The molecule has 1 fully saturated rings. The number of nitrogens with zero attached hydrogens (tertiary/aromatic N) is 1. The zero-order chi connectivity index (χ0) is 12.0. The molecule has 0 N–H and O–H groups in total. The first-order valence-corrected chi connectivity index (χ1v) is 5.69. The fraction of sp³-hybridized carbons (Fsp3) is 0.818. The minimum absolute atomic E-state index is 0.0677. The van der Waals surface area contributed by atoms with E-state index >= 15 is 0 Å². The Bertz CT molecular complexity index is 236. The lowest BCUT2D eigenvalue weighted by Gasteiger charge is -2.33. The highest BCUT2D eigenvalue weighted by Gasteiger charge is 2.27. The number of piperidine rings is 1. The molecule has 1 aliphatic heterocycles. The van der Waals surface area contributed by atoms with Crippen LogP contribution in [0.25, 0.3) is 0 Å². The van der Waals surface area contributed by atoms with Crippen LogP contribution in [0.15, 0.2) is 0 Å². The molecule has 1 heterocycles. The molecule has 0 aromatic heterocycles. The number of hydrogen-bond donors (Lipinski definition) is 0. The molecule has 1 amide bonds. The van der Waals surface area contributed by atoms with Crippen LogP contribution in [0.5, 0.6) is 0 Å². The van der Waals surface area contributed by atoms with Gasteiger partial charge < -0.3 is 14.4 Å². The van der Waals surface area contributed by atoms with Crippen molar-refractivity contribution in [3.8, 4) is 0 Å². The molecule has 5 heteroatoms. The maximum Gasteiger partial charge on any atom is 0.409 e. The third-order valence-electron chi connectivity index (χ3n) is 3.00. The maximum absolute atomic E-state index is 11.4. The average Bonchev–Trinajstić information content (AvgIpc) is 2.30. The van der Waals surface area contributed by atoms with Crippen LogP contribution in [0.2, 0.25) is 0 Å². The molecule has 0 radical (unpaired) electrons. The lowest BCUT2D eigenvalue weighted by molar-refractivity contribution is -0.136. The van der Waals surface area contributed by atoms with Gasteiger partial charge in [0.1, 0.15) is 6.10 Å². The Morgan fingerprint density at radius 1 is 1.50 bits per heavy atom. The molecule has 5 nitrogen and oxygen atoms in total. The Kier molecular flexibility index (Phi) is 5.08. The summed E-state index contributed by atoms with van der Waals surface area (Å²) in [5.41, 5.74) is 0. The lowest BCUT2D eigenvalue weighted by atomic mass is 9.92. The van der Waals surface area contributed by atoms with Crippen LogP contribution in [0.3, 0.4) is 0 Å². The number of likely N-dealkylation sites (tertiary alicyclic amines) is 1. The van der Waals surface area contributed by atoms with E-state index in [0.29, 0.717) is 32.1 Å². The molecule has 16 heavy (non-hydrogen) atoms. The molecule has 0 aromatic rings. The van der Waals surface area contributed by atoms with Crippen molar-refractivity contribution >= 4 is 12.6 Å². The van der Waals surface area contributed by atoms with Gasteiger partial charge in [-0.05, 0) is 32.6 Å². The van der Waals surface area contributed by atoms with Crippen LogP contribution in [0.4, 0.5) is 4.79 Å². The summed E-state index contributed by atoms with van der Waals surface area (Å²) in [4.78, 5) is 23.3. The molecule has 0 aromatic carbocycles. The van der Waals surface area contributed by atoms with E-state index in [1.807, 2.05) is 6.92 Å². The summed E-state index contributed by atoms with van der Waals surface area (Å²) in [6.45, 7) is 5.93. The number of carbonyl (C=O) groups excluding carboxylic acids is 2. The molecule has 1 unspecified atom stereocenters. The molecule has 1 rings (SSSR count). The predicted octanol–water partition coefficient (Wildman–Crippen LogP) is 1.42. The summed E-state index contributed by atoms with van der Waals surface area (Å²) < 4.78 is 9.83. The van der Waals surface area contributed by atoms with Crippen molar-refractivity contribution in [1.82, 2.24) is 4.90 Å². The number of rotatable bonds is 4. The second kappa shape index (κ2) is 6.35. The van der Waals surface area contributed by atoms with Gasteiger partial charge in [0, 0.05) is 13.1 Å². The van der Waals surface area contributed by atoms with Gasteiger partial charge in [-0.2, -0.15) is 0 Å².